The zero-order valence-electron chi connectivity index (χ0n) is 10.9. The molecule has 3 rings (SSSR count). The topological polar surface area (TPSA) is 15.3 Å². The second-order valence-corrected chi connectivity index (χ2v) is 6.79. The van der Waals surface area contributed by atoms with Crippen molar-refractivity contribution in [1.82, 2.24) is 5.32 Å². The second kappa shape index (κ2) is 5.37. The Morgan fingerprint density at radius 3 is 2.61 bits per heavy atom. The Hall–Kier alpha value is -0.290. The van der Waals surface area contributed by atoms with Gasteiger partial charge in [-0.2, -0.15) is 0 Å². The van der Waals surface area contributed by atoms with Crippen molar-refractivity contribution >= 4 is 28.3 Å². The van der Waals surface area contributed by atoms with Crippen LogP contribution < -0.4 is 10.2 Å². The highest BCUT2D eigenvalue weighted by Crippen LogP contribution is 2.35. The predicted octanol–water partition coefficient (Wildman–Crippen LogP) is 3.26. The number of nitrogens with zero attached hydrogens (tertiary/aromatic N) is 1. The first-order valence-corrected chi connectivity index (χ1v) is 8.11. The molecule has 0 spiro atoms. The number of piperazine rings is 1. The maximum atomic E-state index is 3.75. The van der Waals surface area contributed by atoms with Crippen LogP contribution in [-0.4, -0.2) is 25.2 Å². The van der Waals surface area contributed by atoms with Crippen molar-refractivity contribution in [2.75, 3.05) is 18.0 Å². The highest BCUT2D eigenvalue weighted by molar-refractivity contribution is 14.1. The van der Waals surface area contributed by atoms with Gasteiger partial charge in [-0.1, -0.05) is 6.92 Å². The standard InChI is InChI=1S/C15H21IN2/c1-2-13-9-17-15(11-3-4-11)10-18(13)14-7-5-12(16)6-8-14/h5-8,11,13,15,17H,2-4,9-10H2,1H3. The van der Waals surface area contributed by atoms with Gasteiger partial charge in [0.2, 0.25) is 0 Å². The number of halogens is 1. The summed E-state index contributed by atoms with van der Waals surface area (Å²) in [4.78, 5) is 2.62. The van der Waals surface area contributed by atoms with E-state index >= 15 is 0 Å². The molecule has 1 aromatic carbocycles. The second-order valence-electron chi connectivity index (χ2n) is 5.54. The van der Waals surface area contributed by atoms with Crippen LogP contribution in [0.1, 0.15) is 26.2 Å². The van der Waals surface area contributed by atoms with Crippen LogP contribution >= 0.6 is 22.6 Å². The minimum Gasteiger partial charge on any atom is -0.366 e. The molecule has 0 radical (unpaired) electrons. The minimum atomic E-state index is 0.653. The lowest BCUT2D eigenvalue weighted by atomic mass is 10.0. The van der Waals surface area contributed by atoms with E-state index in [1.54, 1.807) is 0 Å². The van der Waals surface area contributed by atoms with E-state index in [-0.39, 0.29) is 0 Å². The van der Waals surface area contributed by atoms with Crippen LogP contribution in [-0.2, 0) is 0 Å². The zero-order valence-corrected chi connectivity index (χ0v) is 13.1. The first-order valence-electron chi connectivity index (χ1n) is 7.03. The van der Waals surface area contributed by atoms with E-state index in [4.69, 9.17) is 0 Å². The molecule has 2 aliphatic rings. The van der Waals surface area contributed by atoms with Crippen molar-refractivity contribution in [1.29, 1.82) is 0 Å². The number of nitrogens with one attached hydrogen (secondary N) is 1. The van der Waals surface area contributed by atoms with Crippen molar-refractivity contribution in [3.8, 4) is 0 Å². The molecule has 2 atom stereocenters. The maximum Gasteiger partial charge on any atom is 0.0412 e. The third kappa shape index (κ3) is 2.67. The molecule has 0 bridgehead atoms. The normalized spacial score (nSPS) is 28.4. The summed E-state index contributed by atoms with van der Waals surface area (Å²) in [5.74, 6) is 0.939. The van der Waals surface area contributed by atoms with Crippen LogP contribution in [0, 0.1) is 9.49 Å². The number of anilines is 1. The van der Waals surface area contributed by atoms with E-state index in [1.165, 1.54) is 35.1 Å². The summed E-state index contributed by atoms with van der Waals surface area (Å²) < 4.78 is 1.32. The lowest BCUT2D eigenvalue weighted by Crippen LogP contribution is -2.57. The predicted molar refractivity (Wildman–Crippen MR) is 85.1 cm³/mol. The Balaban J connectivity index is 1.78. The maximum absolute atomic E-state index is 3.75. The molecule has 1 saturated carbocycles. The highest BCUT2D eigenvalue weighted by Gasteiger charge is 2.36. The number of hydrogen-bond donors (Lipinski definition) is 1. The van der Waals surface area contributed by atoms with Gasteiger partial charge in [-0.3, -0.25) is 0 Å². The SMILES string of the molecule is CCC1CNC(C2CC2)CN1c1ccc(I)cc1. The third-order valence-corrected chi connectivity index (χ3v) is 4.99. The molecule has 1 N–H and O–H groups in total. The fraction of sp³-hybridized carbons (Fsp3) is 0.600. The van der Waals surface area contributed by atoms with E-state index < -0.39 is 0 Å². The summed E-state index contributed by atoms with van der Waals surface area (Å²) in [6.07, 6.45) is 4.07. The molecule has 2 unspecified atom stereocenters. The first kappa shape index (κ1) is 12.7. The third-order valence-electron chi connectivity index (χ3n) is 4.27. The van der Waals surface area contributed by atoms with Gasteiger partial charge in [0.1, 0.15) is 0 Å². The molecule has 2 fully saturated rings. The summed E-state index contributed by atoms with van der Waals surface area (Å²) >= 11 is 2.38. The van der Waals surface area contributed by atoms with Gasteiger partial charge in [-0.25, -0.2) is 0 Å². The smallest absolute Gasteiger partial charge is 0.0412 e. The van der Waals surface area contributed by atoms with Gasteiger partial charge >= 0.3 is 0 Å². The molecule has 1 saturated heterocycles. The zero-order chi connectivity index (χ0) is 12.5. The van der Waals surface area contributed by atoms with Gasteiger partial charge in [-0.15, -0.1) is 0 Å². The number of rotatable bonds is 3. The molecule has 18 heavy (non-hydrogen) atoms. The lowest BCUT2D eigenvalue weighted by molar-refractivity contribution is 0.360. The molecule has 1 heterocycles. The van der Waals surface area contributed by atoms with E-state index in [9.17, 15) is 0 Å². The van der Waals surface area contributed by atoms with Gasteiger partial charge < -0.3 is 10.2 Å². The molecular formula is C15H21IN2. The van der Waals surface area contributed by atoms with Crippen LogP contribution in [0.2, 0.25) is 0 Å². The first-order chi connectivity index (χ1) is 8.78. The Morgan fingerprint density at radius 1 is 1.28 bits per heavy atom. The van der Waals surface area contributed by atoms with Crippen LogP contribution in [0.5, 0.6) is 0 Å². The summed E-state index contributed by atoms with van der Waals surface area (Å²) in [6, 6.07) is 10.4. The molecule has 2 nitrogen and oxygen atoms in total. The van der Waals surface area contributed by atoms with E-state index in [0.717, 1.165) is 12.5 Å². The molecule has 98 valence electrons. The van der Waals surface area contributed by atoms with Crippen molar-refractivity contribution in [3.05, 3.63) is 27.8 Å². The summed E-state index contributed by atoms with van der Waals surface area (Å²) in [5.41, 5.74) is 1.40. The summed E-state index contributed by atoms with van der Waals surface area (Å²) in [7, 11) is 0. The molecule has 0 aromatic heterocycles. The minimum absolute atomic E-state index is 0.653. The van der Waals surface area contributed by atoms with Gasteiger partial charge in [0, 0.05) is 34.4 Å². The highest BCUT2D eigenvalue weighted by atomic mass is 127. The molecule has 1 aliphatic carbocycles. The van der Waals surface area contributed by atoms with Gasteiger partial charge in [-0.05, 0) is 72.0 Å². The van der Waals surface area contributed by atoms with Crippen molar-refractivity contribution < 1.29 is 0 Å². The van der Waals surface area contributed by atoms with E-state index in [1.807, 2.05) is 0 Å². The molecule has 1 aliphatic heterocycles. The fourth-order valence-corrected chi connectivity index (χ4v) is 3.31. The molecule has 3 heteroatoms. The molecular weight excluding hydrogens is 335 g/mol. The van der Waals surface area contributed by atoms with Gasteiger partial charge in [0.25, 0.3) is 0 Å². The van der Waals surface area contributed by atoms with Crippen molar-refractivity contribution in [2.45, 2.75) is 38.3 Å². The lowest BCUT2D eigenvalue weighted by Gasteiger charge is -2.42. The van der Waals surface area contributed by atoms with Crippen LogP contribution in [0.25, 0.3) is 0 Å². The van der Waals surface area contributed by atoms with E-state index in [0.29, 0.717) is 12.1 Å². The Labute approximate surface area is 123 Å². The van der Waals surface area contributed by atoms with E-state index in [2.05, 4.69) is 64.0 Å². The molecule has 1 aromatic rings. The summed E-state index contributed by atoms with van der Waals surface area (Å²) in [5, 5.41) is 3.75. The van der Waals surface area contributed by atoms with Gasteiger partial charge in [0.05, 0.1) is 0 Å². The quantitative estimate of drug-likeness (QED) is 0.837. The molecule has 0 amide bonds. The fourth-order valence-electron chi connectivity index (χ4n) is 2.95. The Kier molecular flexibility index (Phi) is 3.80. The Bertz CT molecular complexity index is 399. The average molecular weight is 356 g/mol. The number of hydrogen-bond acceptors (Lipinski definition) is 2. The largest absolute Gasteiger partial charge is 0.366 e. The Morgan fingerprint density at radius 2 is 2.00 bits per heavy atom. The van der Waals surface area contributed by atoms with Crippen LogP contribution in [0.3, 0.4) is 0 Å². The summed E-state index contributed by atoms with van der Waals surface area (Å²) in [6.45, 7) is 4.62. The van der Waals surface area contributed by atoms with Gasteiger partial charge in [0.15, 0.2) is 0 Å². The van der Waals surface area contributed by atoms with Crippen molar-refractivity contribution in [3.63, 3.8) is 0 Å². The average Bonchev–Trinajstić information content (AvgIpc) is 3.23. The van der Waals surface area contributed by atoms with Crippen LogP contribution in [0.15, 0.2) is 24.3 Å². The monoisotopic (exact) mass is 356 g/mol. The van der Waals surface area contributed by atoms with Crippen molar-refractivity contribution in [2.24, 2.45) is 5.92 Å². The van der Waals surface area contributed by atoms with Crippen LogP contribution in [0.4, 0.5) is 5.69 Å². The number of benzene rings is 1.